The van der Waals surface area contributed by atoms with E-state index in [-0.39, 0.29) is 12.1 Å². The fourth-order valence-electron chi connectivity index (χ4n) is 0.920. The van der Waals surface area contributed by atoms with E-state index in [1.807, 2.05) is 0 Å². The minimum absolute atomic E-state index is 0.137. The van der Waals surface area contributed by atoms with E-state index in [1.54, 1.807) is 0 Å². The van der Waals surface area contributed by atoms with Gasteiger partial charge in [-0.05, 0) is 0 Å². The largest absolute Gasteiger partial charge is 0.476 e. The third-order valence-electron chi connectivity index (χ3n) is 1.63. The Hall–Kier alpha value is -1.89. The van der Waals surface area contributed by atoms with Crippen LogP contribution >= 0.6 is 0 Å². The number of aromatic nitrogens is 1. The van der Waals surface area contributed by atoms with Gasteiger partial charge in [0.25, 0.3) is 0 Å². The van der Waals surface area contributed by atoms with Crippen LogP contribution in [0.2, 0.25) is 0 Å². The van der Waals surface area contributed by atoms with Crippen LogP contribution in [0.5, 0.6) is 0 Å². The number of nitrogens with two attached hydrogens (primary N) is 1. The monoisotopic (exact) mass is 213 g/mol. The molecule has 82 valence electrons. The highest BCUT2D eigenvalue weighted by molar-refractivity contribution is 5.85. The first-order chi connectivity index (χ1) is 7.09. The van der Waals surface area contributed by atoms with Crippen molar-refractivity contribution in [2.24, 2.45) is 5.73 Å². The highest BCUT2D eigenvalue weighted by Gasteiger charge is 2.09. The number of carboxylic acids is 1. The van der Waals surface area contributed by atoms with Crippen LogP contribution in [0.1, 0.15) is 22.7 Å². The van der Waals surface area contributed by atoms with Gasteiger partial charge in [-0.3, -0.25) is 4.79 Å². The number of hydrogen-bond acceptors (Lipinski definition) is 5. The summed E-state index contributed by atoms with van der Waals surface area (Å²) in [5.74, 6) is -1.13. The fraction of sp³-hybridized carbons (Fsp3) is 0.375. The van der Waals surface area contributed by atoms with Gasteiger partial charge in [0.2, 0.25) is 5.91 Å². The van der Waals surface area contributed by atoms with Gasteiger partial charge in [0.1, 0.15) is 0 Å². The minimum atomic E-state index is -1.14. The molecule has 4 N–H and O–H groups in total. The summed E-state index contributed by atoms with van der Waals surface area (Å²) < 4.78 is 4.72. The van der Waals surface area contributed by atoms with Crippen molar-refractivity contribution in [2.45, 2.75) is 13.0 Å². The zero-order valence-electron chi connectivity index (χ0n) is 7.90. The molecule has 0 saturated carbocycles. The number of nitrogens with zero attached hydrogens (tertiary/aromatic N) is 1. The molecule has 0 saturated heterocycles. The highest BCUT2D eigenvalue weighted by atomic mass is 16.5. The van der Waals surface area contributed by atoms with E-state index in [2.05, 4.69) is 10.5 Å². The summed E-state index contributed by atoms with van der Waals surface area (Å²) in [6, 6.07) is 1.32. The molecule has 7 heteroatoms. The fourth-order valence-corrected chi connectivity index (χ4v) is 0.920. The van der Waals surface area contributed by atoms with Gasteiger partial charge in [0, 0.05) is 19.0 Å². The van der Waals surface area contributed by atoms with Crippen molar-refractivity contribution in [3.05, 3.63) is 17.5 Å². The lowest BCUT2D eigenvalue weighted by atomic mass is 10.3. The van der Waals surface area contributed by atoms with Crippen molar-refractivity contribution < 1.29 is 19.2 Å². The van der Waals surface area contributed by atoms with Gasteiger partial charge in [-0.2, -0.15) is 0 Å². The second-order valence-electron chi connectivity index (χ2n) is 2.88. The first kappa shape index (κ1) is 11.2. The predicted octanol–water partition coefficient (Wildman–Crippen LogP) is -0.662. The van der Waals surface area contributed by atoms with Gasteiger partial charge in [-0.15, -0.1) is 0 Å². The second kappa shape index (κ2) is 5.11. The number of carbonyl (C=O) groups excluding carboxylic acids is 1. The molecule has 0 fully saturated rings. The molecule has 1 amide bonds. The number of hydrogen-bond donors (Lipinski definition) is 3. The van der Waals surface area contributed by atoms with Crippen molar-refractivity contribution >= 4 is 11.9 Å². The number of carboxylic acid groups (broad SMARTS) is 1. The maximum Gasteiger partial charge on any atom is 0.358 e. The number of nitrogens with one attached hydrogen (secondary N) is 1. The summed E-state index contributed by atoms with van der Waals surface area (Å²) in [5.41, 5.74) is 4.79. The van der Waals surface area contributed by atoms with Crippen LogP contribution < -0.4 is 11.1 Å². The standard InChI is InChI=1S/C8H11N3O4/c9-7(12)1-2-10-4-5-3-6(8(13)14)11-15-5/h3,10H,1-2,4H2,(H2,9,12)(H,13,14). The van der Waals surface area contributed by atoms with Crippen molar-refractivity contribution in [1.82, 2.24) is 10.5 Å². The first-order valence-corrected chi connectivity index (χ1v) is 4.27. The van der Waals surface area contributed by atoms with Crippen molar-refractivity contribution in [2.75, 3.05) is 6.54 Å². The summed E-state index contributed by atoms with van der Waals surface area (Å²) in [6.07, 6.45) is 0.222. The topological polar surface area (TPSA) is 118 Å². The molecule has 0 spiro atoms. The quantitative estimate of drug-likeness (QED) is 0.539. The van der Waals surface area contributed by atoms with E-state index < -0.39 is 11.9 Å². The molecule has 1 aromatic heterocycles. The van der Waals surface area contributed by atoms with Gasteiger partial charge in [0.05, 0.1) is 6.54 Å². The van der Waals surface area contributed by atoms with Gasteiger partial charge >= 0.3 is 5.97 Å². The summed E-state index contributed by atoms with van der Waals surface area (Å²) in [5, 5.41) is 14.7. The van der Waals surface area contributed by atoms with Crippen LogP contribution in [0.4, 0.5) is 0 Å². The lowest BCUT2D eigenvalue weighted by Gasteiger charge is -1.98. The molecule has 1 heterocycles. The minimum Gasteiger partial charge on any atom is -0.476 e. The molecule has 0 aromatic carbocycles. The van der Waals surface area contributed by atoms with E-state index in [1.165, 1.54) is 6.07 Å². The number of carbonyl (C=O) groups is 2. The van der Waals surface area contributed by atoms with Crippen molar-refractivity contribution in [1.29, 1.82) is 0 Å². The molecule has 0 aliphatic carbocycles. The molecule has 1 rings (SSSR count). The Labute approximate surface area is 85.2 Å². The Morgan fingerprint density at radius 1 is 1.60 bits per heavy atom. The molecular formula is C8H11N3O4. The van der Waals surface area contributed by atoms with E-state index in [9.17, 15) is 9.59 Å². The zero-order valence-corrected chi connectivity index (χ0v) is 7.90. The smallest absolute Gasteiger partial charge is 0.358 e. The van der Waals surface area contributed by atoms with E-state index in [4.69, 9.17) is 15.4 Å². The Morgan fingerprint density at radius 3 is 2.87 bits per heavy atom. The molecule has 7 nitrogen and oxygen atoms in total. The maximum atomic E-state index is 10.4. The Bertz CT molecular complexity index is 361. The normalized spacial score (nSPS) is 10.1. The molecular weight excluding hydrogens is 202 g/mol. The Kier molecular flexibility index (Phi) is 3.81. The van der Waals surface area contributed by atoms with Crippen LogP contribution in [0.3, 0.4) is 0 Å². The van der Waals surface area contributed by atoms with Gasteiger partial charge in [-0.25, -0.2) is 4.79 Å². The molecule has 15 heavy (non-hydrogen) atoms. The lowest BCUT2D eigenvalue weighted by Crippen LogP contribution is -2.21. The van der Waals surface area contributed by atoms with Gasteiger partial charge < -0.3 is 20.7 Å². The average molecular weight is 213 g/mol. The molecule has 0 aliphatic rings. The van der Waals surface area contributed by atoms with E-state index in [0.29, 0.717) is 18.8 Å². The Morgan fingerprint density at radius 2 is 2.33 bits per heavy atom. The van der Waals surface area contributed by atoms with Crippen molar-refractivity contribution in [3.63, 3.8) is 0 Å². The van der Waals surface area contributed by atoms with Crippen LogP contribution in [0.15, 0.2) is 10.6 Å². The number of amides is 1. The highest BCUT2D eigenvalue weighted by Crippen LogP contribution is 2.02. The third-order valence-corrected chi connectivity index (χ3v) is 1.63. The summed E-state index contributed by atoms with van der Waals surface area (Å²) in [7, 11) is 0. The summed E-state index contributed by atoms with van der Waals surface area (Å²) >= 11 is 0. The molecule has 0 bridgehead atoms. The van der Waals surface area contributed by atoms with Crippen molar-refractivity contribution in [3.8, 4) is 0 Å². The summed E-state index contributed by atoms with van der Waals surface area (Å²) in [4.78, 5) is 20.8. The predicted molar refractivity (Wildman–Crippen MR) is 49.0 cm³/mol. The lowest BCUT2D eigenvalue weighted by molar-refractivity contribution is -0.117. The third kappa shape index (κ3) is 3.77. The summed E-state index contributed by atoms with van der Waals surface area (Å²) in [6.45, 7) is 0.728. The molecule has 0 aliphatic heterocycles. The van der Waals surface area contributed by atoms with Gasteiger partial charge in [0.15, 0.2) is 11.5 Å². The number of primary amides is 1. The van der Waals surface area contributed by atoms with Gasteiger partial charge in [-0.1, -0.05) is 5.16 Å². The molecule has 1 aromatic rings. The van der Waals surface area contributed by atoms with E-state index in [0.717, 1.165) is 0 Å². The second-order valence-corrected chi connectivity index (χ2v) is 2.88. The SMILES string of the molecule is NC(=O)CCNCc1cc(C(=O)O)no1. The van der Waals surface area contributed by atoms with Crippen LogP contribution in [0, 0.1) is 0 Å². The number of rotatable bonds is 6. The first-order valence-electron chi connectivity index (χ1n) is 4.27. The van der Waals surface area contributed by atoms with Crippen LogP contribution in [0.25, 0.3) is 0 Å². The molecule has 0 atom stereocenters. The molecule has 0 radical (unpaired) electrons. The number of aromatic carboxylic acids is 1. The average Bonchev–Trinajstić information content (AvgIpc) is 2.60. The molecule has 0 unspecified atom stereocenters. The van der Waals surface area contributed by atoms with Crippen LogP contribution in [-0.4, -0.2) is 28.7 Å². The van der Waals surface area contributed by atoms with E-state index >= 15 is 0 Å². The maximum absolute atomic E-state index is 10.4. The Balaban J connectivity index is 2.31. The van der Waals surface area contributed by atoms with Crippen LogP contribution in [-0.2, 0) is 11.3 Å². The zero-order chi connectivity index (χ0) is 11.3.